The number of nitrogens with zero attached hydrogens (tertiary/aromatic N) is 3. The molecule has 1 heterocycles. The molecule has 1 aromatic heterocycles. The van der Waals surface area contributed by atoms with E-state index in [0.717, 1.165) is 27.6 Å². The zero-order valence-corrected chi connectivity index (χ0v) is 15.5. The van der Waals surface area contributed by atoms with Gasteiger partial charge in [0.1, 0.15) is 18.4 Å². The van der Waals surface area contributed by atoms with E-state index in [1.54, 1.807) is 18.1 Å². The summed E-state index contributed by atoms with van der Waals surface area (Å²) in [5.41, 5.74) is 2.74. The normalized spacial score (nSPS) is 10.8. The molecule has 0 aliphatic heterocycles. The van der Waals surface area contributed by atoms with Crippen LogP contribution in [0.1, 0.15) is 21.5 Å². The lowest BCUT2D eigenvalue weighted by molar-refractivity contribution is 0.0951. The van der Waals surface area contributed by atoms with Gasteiger partial charge in [0, 0.05) is 12.1 Å². The molecule has 28 heavy (non-hydrogen) atoms. The number of hydrogen-bond acceptors (Lipinski definition) is 4. The lowest BCUT2D eigenvalue weighted by Crippen LogP contribution is -2.22. The highest BCUT2D eigenvalue weighted by atomic mass is 16.5. The van der Waals surface area contributed by atoms with E-state index in [-0.39, 0.29) is 5.91 Å². The summed E-state index contributed by atoms with van der Waals surface area (Å²) in [7, 11) is 1.66. The van der Waals surface area contributed by atoms with Crippen LogP contribution >= 0.6 is 0 Å². The lowest BCUT2D eigenvalue weighted by Gasteiger charge is -2.08. The second kappa shape index (κ2) is 7.92. The predicted molar refractivity (Wildman–Crippen MR) is 107 cm³/mol. The summed E-state index contributed by atoms with van der Waals surface area (Å²) in [5, 5.41) is 9.28. The van der Waals surface area contributed by atoms with Crippen LogP contribution in [0.2, 0.25) is 0 Å². The minimum Gasteiger partial charge on any atom is -0.497 e. The zero-order chi connectivity index (χ0) is 19.3. The molecule has 0 bridgehead atoms. The average molecular weight is 372 g/mol. The van der Waals surface area contributed by atoms with Crippen LogP contribution < -0.4 is 10.1 Å². The van der Waals surface area contributed by atoms with E-state index in [0.29, 0.717) is 18.7 Å². The minimum absolute atomic E-state index is 0.0952. The highest BCUT2D eigenvalue weighted by Gasteiger charge is 2.06. The van der Waals surface area contributed by atoms with Crippen molar-refractivity contribution in [2.75, 3.05) is 7.11 Å². The summed E-state index contributed by atoms with van der Waals surface area (Å²) in [4.78, 5) is 16.4. The third kappa shape index (κ3) is 4.01. The van der Waals surface area contributed by atoms with Crippen LogP contribution in [-0.4, -0.2) is 27.8 Å². The van der Waals surface area contributed by atoms with Crippen molar-refractivity contribution in [2.24, 2.45) is 0 Å². The van der Waals surface area contributed by atoms with E-state index in [4.69, 9.17) is 4.74 Å². The Labute approximate surface area is 162 Å². The topological polar surface area (TPSA) is 69.0 Å². The van der Waals surface area contributed by atoms with Crippen LogP contribution in [-0.2, 0) is 13.1 Å². The van der Waals surface area contributed by atoms with Crippen molar-refractivity contribution in [2.45, 2.75) is 13.1 Å². The molecule has 0 saturated heterocycles. The van der Waals surface area contributed by atoms with Crippen molar-refractivity contribution >= 4 is 16.7 Å². The first-order valence-electron chi connectivity index (χ1n) is 8.97. The number of aromatic nitrogens is 3. The van der Waals surface area contributed by atoms with Crippen molar-refractivity contribution in [3.8, 4) is 5.75 Å². The molecule has 6 heteroatoms. The Morgan fingerprint density at radius 2 is 1.75 bits per heavy atom. The first-order chi connectivity index (χ1) is 13.7. The summed E-state index contributed by atoms with van der Waals surface area (Å²) in [6.45, 7) is 1.10. The smallest absolute Gasteiger partial charge is 0.251 e. The van der Waals surface area contributed by atoms with Crippen LogP contribution in [0.15, 0.2) is 73.3 Å². The Kier molecular flexibility index (Phi) is 5.01. The van der Waals surface area contributed by atoms with Gasteiger partial charge in [0.25, 0.3) is 5.91 Å². The highest BCUT2D eigenvalue weighted by molar-refractivity contribution is 5.94. The van der Waals surface area contributed by atoms with Crippen molar-refractivity contribution in [1.29, 1.82) is 0 Å². The fourth-order valence-electron chi connectivity index (χ4n) is 3.06. The number of carbonyl (C=O) groups is 1. The number of amides is 1. The highest BCUT2D eigenvalue weighted by Crippen LogP contribution is 2.21. The average Bonchev–Trinajstić information content (AvgIpc) is 3.25. The van der Waals surface area contributed by atoms with Gasteiger partial charge in [-0.3, -0.25) is 4.79 Å². The van der Waals surface area contributed by atoms with Crippen molar-refractivity contribution in [1.82, 2.24) is 20.1 Å². The van der Waals surface area contributed by atoms with E-state index in [1.807, 2.05) is 54.6 Å². The van der Waals surface area contributed by atoms with E-state index in [9.17, 15) is 4.79 Å². The monoisotopic (exact) mass is 372 g/mol. The largest absolute Gasteiger partial charge is 0.497 e. The molecule has 0 spiro atoms. The fraction of sp³-hybridized carbons (Fsp3) is 0.136. The molecular formula is C22H20N4O2. The number of nitrogens with one attached hydrogen (secondary N) is 1. The fourth-order valence-corrected chi connectivity index (χ4v) is 3.06. The molecule has 0 unspecified atom stereocenters. The van der Waals surface area contributed by atoms with Gasteiger partial charge in [-0.2, -0.15) is 5.10 Å². The number of carbonyl (C=O) groups excluding carboxylic acids is 1. The van der Waals surface area contributed by atoms with Gasteiger partial charge < -0.3 is 10.1 Å². The molecular weight excluding hydrogens is 352 g/mol. The molecule has 0 aliphatic rings. The molecule has 0 aliphatic carbocycles. The third-order valence-corrected chi connectivity index (χ3v) is 4.59. The van der Waals surface area contributed by atoms with Gasteiger partial charge >= 0.3 is 0 Å². The maximum absolute atomic E-state index is 12.4. The molecule has 0 saturated carbocycles. The number of rotatable bonds is 6. The molecule has 1 amide bonds. The molecule has 0 atom stereocenters. The van der Waals surface area contributed by atoms with E-state index in [1.165, 1.54) is 6.33 Å². The summed E-state index contributed by atoms with van der Waals surface area (Å²) in [6.07, 6.45) is 3.17. The second-order valence-corrected chi connectivity index (χ2v) is 6.52. The van der Waals surface area contributed by atoms with Crippen LogP contribution in [0, 0.1) is 0 Å². The summed E-state index contributed by atoms with van der Waals surface area (Å²) >= 11 is 0. The maximum Gasteiger partial charge on any atom is 0.251 e. The van der Waals surface area contributed by atoms with Crippen LogP contribution in [0.3, 0.4) is 0 Å². The molecule has 140 valence electrons. The molecule has 3 aromatic carbocycles. The van der Waals surface area contributed by atoms with E-state index >= 15 is 0 Å². The van der Waals surface area contributed by atoms with Gasteiger partial charge in [-0.25, -0.2) is 9.67 Å². The number of benzene rings is 3. The van der Waals surface area contributed by atoms with Crippen molar-refractivity contribution in [3.63, 3.8) is 0 Å². The Hall–Kier alpha value is -3.67. The molecule has 4 aromatic rings. The number of methoxy groups -OCH3 is 1. The second-order valence-electron chi connectivity index (χ2n) is 6.52. The van der Waals surface area contributed by atoms with E-state index in [2.05, 4.69) is 21.5 Å². The summed E-state index contributed by atoms with van der Waals surface area (Å²) < 4.78 is 6.99. The van der Waals surface area contributed by atoms with Gasteiger partial charge in [-0.1, -0.05) is 30.3 Å². The Morgan fingerprint density at radius 3 is 2.50 bits per heavy atom. The Balaban J connectivity index is 1.39. The number of fused-ring (bicyclic) bond motifs is 1. The van der Waals surface area contributed by atoms with Gasteiger partial charge in [0.05, 0.1) is 13.7 Å². The molecule has 1 N–H and O–H groups in total. The van der Waals surface area contributed by atoms with Gasteiger partial charge in [-0.05, 0) is 52.2 Å². The minimum atomic E-state index is -0.0952. The summed E-state index contributed by atoms with van der Waals surface area (Å²) in [6, 6.07) is 19.6. The van der Waals surface area contributed by atoms with Crippen LogP contribution in [0.5, 0.6) is 5.75 Å². The van der Waals surface area contributed by atoms with Crippen molar-refractivity contribution < 1.29 is 9.53 Å². The zero-order valence-electron chi connectivity index (χ0n) is 15.5. The summed E-state index contributed by atoms with van der Waals surface area (Å²) in [5.74, 6) is 0.739. The predicted octanol–water partition coefficient (Wildman–Crippen LogP) is 3.42. The van der Waals surface area contributed by atoms with Crippen LogP contribution in [0.4, 0.5) is 0 Å². The molecule has 4 rings (SSSR count). The van der Waals surface area contributed by atoms with Gasteiger partial charge in [-0.15, -0.1) is 0 Å². The Morgan fingerprint density at radius 1 is 1.00 bits per heavy atom. The third-order valence-electron chi connectivity index (χ3n) is 4.59. The van der Waals surface area contributed by atoms with E-state index < -0.39 is 0 Å². The first-order valence-corrected chi connectivity index (χ1v) is 8.97. The standard InChI is InChI=1S/C22H20N4O2/c1-28-21-9-8-19-10-17(4-7-20(19)11-21)12-24-22(27)18-5-2-16(3-6-18)13-26-15-23-14-25-26/h2-11,14-15H,12-13H2,1H3,(H,24,27). The molecule has 0 radical (unpaired) electrons. The van der Waals surface area contributed by atoms with Gasteiger partial charge in [0.2, 0.25) is 0 Å². The SMILES string of the molecule is COc1ccc2cc(CNC(=O)c3ccc(Cn4cncn4)cc3)ccc2c1. The van der Waals surface area contributed by atoms with Crippen molar-refractivity contribution in [3.05, 3.63) is 90.0 Å². The van der Waals surface area contributed by atoms with Crippen LogP contribution in [0.25, 0.3) is 10.8 Å². The molecule has 0 fully saturated rings. The lowest BCUT2D eigenvalue weighted by atomic mass is 10.1. The molecule has 6 nitrogen and oxygen atoms in total. The maximum atomic E-state index is 12.4. The Bertz CT molecular complexity index is 1090. The quantitative estimate of drug-likeness (QED) is 0.563. The number of ether oxygens (including phenoxy) is 1. The first kappa shape index (κ1) is 17.7. The number of hydrogen-bond donors (Lipinski definition) is 1. The van der Waals surface area contributed by atoms with Gasteiger partial charge in [0.15, 0.2) is 0 Å².